The first-order valence-corrected chi connectivity index (χ1v) is 5.20. The fraction of sp³-hybridized carbons (Fsp3) is 0.273. The number of hydrogen-bond donors (Lipinski definition) is 2. The molecule has 0 bridgehead atoms. The zero-order chi connectivity index (χ0) is 9.97. The van der Waals surface area contributed by atoms with Gasteiger partial charge in [0.2, 0.25) is 0 Å². The largest absolute Gasteiger partial charge is 0.508 e. The summed E-state index contributed by atoms with van der Waals surface area (Å²) >= 11 is 5.64. The summed E-state index contributed by atoms with van der Waals surface area (Å²) in [6, 6.07) is 5.59. The number of aromatic hydroxyl groups is 1. The Kier molecular flexibility index (Phi) is 2.64. The molecule has 2 nitrogen and oxygen atoms in total. The third-order valence-corrected chi connectivity index (χ3v) is 2.65. The maximum absolute atomic E-state index is 9.70. The Labute approximate surface area is 87.5 Å². The molecule has 0 saturated heterocycles. The molecule has 1 aromatic heterocycles. The molecule has 0 aliphatic carbocycles. The Morgan fingerprint density at radius 2 is 2.14 bits per heavy atom. The Morgan fingerprint density at radius 3 is 2.93 bits per heavy atom. The number of alkyl halides is 1. The van der Waals surface area contributed by atoms with Crippen LogP contribution in [0.1, 0.15) is 12.0 Å². The monoisotopic (exact) mass is 209 g/mol. The van der Waals surface area contributed by atoms with Crippen LogP contribution in [-0.2, 0) is 6.42 Å². The van der Waals surface area contributed by atoms with Crippen LogP contribution in [0.4, 0.5) is 0 Å². The van der Waals surface area contributed by atoms with Crippen molar-refractivity contribution >= 4 is 22.5 Å². The Balaban J connectivity index is 2.47. The van der Waals surface area contributed by atoms with Crippen molar-refractivity contribution in [2.24, 2.45) is 0 Å². The molecule has 0 saturated carbocycles. The summed E-state index contributed by atoms with van der Waals surface area (Å²) in [4.78, 5) is 3.12. The molecule has 2 N–H and O–H groups in total. The summed E-state index contributed by atoms with van der Waals surface area (Å²) in [6.45, 7) is 0. The van der Waals surface area contributed by atoms with Crippen molar-refractivity contribution in [3.63, 3.8) is 0 Å². The minimum atomic E-state index is 0.363. The van der Waals surface area contributed by atoms with Gasteiger partial charge in [0, 0.05) is 28.5 Å². The quantitative estimate of drug-likeness (QED) is 0.749. The van der Waals surface area contributed by atoms with E-state index in [1.807, 2.05) is 18.3 Å². The van der Waals surface area contributed by atoms with Crippen LogP contribution in [0.25, 0.3) is 10.9 Å². The van der Waals surface area contributed by atoms with Crippen molar-refractivity contribution in [1.82, 2.24) is 4.98 Å². The topological polar surface area (TPSA) is 36.0 Å². The van der Waals surface area contributed by atoms with E-state index in [0.717, 1.165) is 29.3 Å². The SMILES string of the molecule is Oc1ccc2[nH]ccc2c1CCCCl. The molecule has 1 heterocycles. The molecular weight excluding hydrogens is 198 g/mol. The third-order valence-electron chi connectivity index (χ3n) is 2.38. The van der Waals surface area contributed by atoms with Gasteiger partial charge in [0.25, 0.3) is 0 Å². The van der Waals surface area contributed by atoms with Gasteiger partial charge in [0.1, 0.15) is 5.75 Å². The van der Waals surface area contributed by atoms with Crippen LogP contribution in [0.5, 0.6) is 5.75 Å². The van der Waals surface area contributed by atoms with Gasteiger partial charge in [-0.15, -0.1) is 11.6 Å². The number of aromatic amines is 1. The second-order valence-corrected chi connectivity index (χ2v) is 3.67. The lowest BCUT2D eigenvalue weighted by Crippen LogP contribution is -1.88. The summed E-state index contributed by atoms with van der Waals surface area (Å²) in [5.74, 6) is 0.988. The Morgan fingerprint density at radius 1 is 1.29 bits per heavy atom. The predicted octanol–water partition coefficient (Wildman–Crippen LogP) is 3.04. The number of aromatic nitrogens is 1. The normalized spacial score (nSPS) is 10.9. The van der Waals surface area contributed by atoms with Crippen LogP contribution < -0.4 is 0 Å². The van der Waals surface area contributed by atoms with Crippen LogP contribution >= 0.6 is 11.6 Å². The van der Waals surface area contributed by atoms with Gasteiger partial charge in [-0.3, -0.25) is 0 Å². The van der Waals surface area contributed by atoms with Gasteiger partial charge in [-0.1, -0.05) is 0 Å². The highest BCUT2D eigenvalue weighted by Crippen LogP contribution is 2.27. The molecule has 0 unspecified atom stereocenters. The van der Waals surface area contributed by atoms with Crippen molar-refractivity contribution in [3.05, 3.63) is 30.0 Å². The van der Waals surface area contributed by atoms with Gasteiger partial charge < -0.3 is 10.1 Å². The fourth-order valence-electron chi connectivity index (χ4n) is 1.69. The van der Waals surface area contributed by atoms with Gasteiger partial charge in [-0.25, -0.2) is 0 Å². The maximum Gasteiger partial charge on any atom is 0.119 e. The lowest BCUT2D eigenvalue weighted by Gasteiger charge is -2.04. The number of phenolic OH excluding ortho intramolecular Hbond substituents is 1. The molecule has 14 heavy (non-hydrogen) atoms. The molecule has 0 fully saturated rings. The van der Waals surface area contributed by atoms with Crippen LogP contribution in [-0.4, -0.2) is 16.0 Å². The summed E-state index contributed by atoms with van der Waals surface area (Å²) in [6.07, 6.45) is 3.60. The van der Waals surface area contributed by atoms with Crippen LogP contribution in [0, 0.1) is 0 Å². The molecule has 1 aromatic carbocycles. The van der Waals surface area contributed by atoms with E-state index in [0.29, 0.717) is 11.6 Å². The molecule has 0 radical (unpaired) electrons. The average molecular weight is 210 g/mol. The molecule has 0 aliphatic rings. The highest BCUT2D eigenvalue weighted by molar-refractivity contribution is 6.17. The lowest BCUT2D eigenvalue weighted by molar-refractivity contribution is 0.469. The van der Waals surface area contributed by atoms with E-state index in [4.69, 9.17) is 11.6 Å². The molecule has 0 spiro atoms. The molecular formula is C11H12ClNO. The van der Waals surface area contributed by atoms with Crippen molar-refractivity contribution < 1.29 is 5.11 Å². The first-order chi connectivity index (χ1) is 6.83. The van der Waals surface area contributed by atoms with Crippen LogP contribution in [0.3, 0.4) is 0 Å². The lowest BCUT2D eigenvalue weighted by atomic mass is 10.0. The number of hydrogen-bond acceptors (Lipinski definition) is 1. The molecule has 3 heteroatoms. The minimum absolute atomic E-state index is 0.363. The number of rotatable bonds is 3. The van der Waals surface area contributed by atoms with E-state index in [1.165, 1.54) is 0 Å². The molecule has 74 valence electrons. The maximum atomic E-state index is 9.70. The van der Waals surface area contributed by atoms with Crippen LogP contribution in [0.15, 0.2) is 24.4 Å². The highest BCUT2D eigenvalue weighted by Gasteiger charge is 2.06. The molecule has 0 atom stereocenters. The molecule has 0 amide bonds. The van der Waals surface area contributed by atoms with Gasteiger partial charge in [-0.2, -0.15) is 0 Å². The van der Waals surface area contributed by atoms with Gasteiger partial charge in [-0.05, 0) is 31.0 Å². The summed E-state index contributed by atoms with van der Waals surface area (Å²) in [5.41, 5.74) is 2.05. The second-order valence-electron chi connectivity index (χ2n) is 3.29. The number of aryl methyl sites for hydroxylation is 1. The third kappa shape index (κ3) is 1.58. The van der Waals surface area contributed by atoms with Gasteiger partial charge >= 0.3 is 0 Å². The summed E-state index contributed by atoms with van der Waals surface area (Å²) < 4.78 is 0. The predicted molar refractivity (Wildman–Crippen MR) is 59.0 cm³/mol. The van der Waals surface area contributed by atoms with Gasteiger partial charge in [0.15, 0.2) is 0 Å². The Bertz CT molecular complexity index is 436. The zero-order valence-corrected chi connectivity index (χ0v) is 8.51. The van der Waals surface area contributed by atoms with Crippen molar-refractivity contribution in [2.75, 3.05) is 5.88 Å². The molecule has 2 rings (SSSR count). The van der Waals surface area contributed by atoms with Crippen molar-refractivity contribution in [2.45, 2.75) is 12.8 Å². The number of benzene rings is 1. The number of phenols is 1. The fourth-order valence-corrected chi connectivity index (χ4v) is 1.82. The van der Waals surface area contributed by atoms with E-state index in [1.54, 1.807) is 6.07 Å². The standard InChI is InChI=1S/C11H12ClNO/c12-6-1-2-9-8-5-7-13-10(8)3-4-11(9)14/h3-5,7,13-14H,1-2,6H2. The van der Waals surface area contributed by atoms with Crippen molar-refractivity contribution in [1.29, 1.82) is 0 Å². The van der Waals surface area contributed by atoms with Gasteiger partial charge in [0.05, 0.1) is 0 Å². The molecule has 0 aliphatic heterocycles. The van der Waals surface area contributed by atoms with E-state index >= 15 is 0 Å². The number of H-pyrrole nitrogens is 1. The van der Waals surface area contributed by atoms with E-state index in [-0.39, 0.29) is 0 Å². The zero-order valence-electron chi connectivity index (χ0n) is 7.76. The summed E-state index contributed by atoms with van der Waals surface area (Å²) in [5, 5.41) is 10.8. The minimum Gasteiger partial charge on any atom is -0.508 e. The van der Waals surface area contributed by atoms with E-state index < -0.39 is 0 Å². The summed E-state index contributed by atoms with van der Waals surface area (Å²) in [7, 11) is 0. The van der Waals surface area contributed by atoms with Crippen LogP contribution in [0.2, 0.25) is 0 Å². The van der Waals surface area contributed by atoms with Crippen molar-refractivity contribution in [3.8, 4) is 5.75 Å². The Hall–Kier alpha value is -1.15. The highest BCUT2D eigenvalue weighted by atomic mass is 35.5. The van der Waals surface area contributed by atoms with E-state index in [2.05, 4.69) is 4.98 Å². The first kappa shape index (κ1) is 9.41. The number of nitrogens with one attached hydrogen (secondary N) is 1. The second kappa shape index (κ2) is 3.93. The smallest absolute Gasteiger partial charge is 0.119 e. The van der Waals surface area contributed by atoms with E-state index in [9.17, 15) is 5.11 Å². The first-order valence-electron chi connectivity index (χ1n) is 4.67. The number of fused-ring (bicyclic) bond motifs is 1. The molecule has 2 aromatic rings. The average Bonchev–Trinajstić information content (AvgIpc) is 2.64. The number of halogens is 1.